The van der Waals surface area contributed by atoms with Gasteiger partial charge in [0.15, 0.2) is 0 Å². The van der Waals surface area contributed by atoms with Gasteiger partial charge >= 0.3 is 0 Å². The first-order chi connectivity index (χ1) is 5.16. The smallest absolute Gasteiger partial charge is 0.217 e. The number of hydrogen-bond donors (Lipinski definition) is 1. The third kappa shape index (κ3) is 7.72. The Morgan fingerprint density at radius 2 is 2.36 bits per heavy atom. The lowest BCUT2D eigenvalue weighted by molar-refractivity contribution is -0.119. The number of amides is 1. The molecule has 0 saturated carbocycles. The molecule has 11 heavy (non-hydrogen) atoms. The summed E-state index contributed by atoms with van der Waals surface area (Å²) in [5.74, 6) is 2.27. The van der Waals surface area contributed by atoms with E-state index in [9.17, 15) is 4.79 Å². The summed E-state index contributed by atoms with van der Waals surface area (Å²) in [6, 6.07) is 0.309. The van der Waals surface area contributed by atoms with Crippen molar-refractivity contribution in [3.8, 4) is 0 Å². The molecular weight excluding hydrogens is 158 g/mol. The van der Waals surface area contributed by atoms with E-state index in [0.717, 1.165) is 5.75 Å². The molecule has 0 aromatic rings. The maximum Gasteiger partial charge on any atom is 0.217 e. The van der Waals surface area contributed by atoms with Gasteiger partial charge in [-0.15, -0.1) is 0 Å². The van der Waals surface area contributed by atoms with Crippen LogP contribution >= 0.6 is 11.8 Å². The quantitative estimate of drug-likeness (QED) is 0.650. The summed E-state index contributed by atoms with van der Waals surface area (Å²) in [6.07, 6.45) is 1.21. The summed E-state index contributed by atoms with van der Waals surface area (Å²) < 4.78 is 0. The van der Waals surface area contributed by atoms with Crippen LogP contribution in [0, 0.1) is 0 Å². The molecular formula is C8H19NOS. The number of rotatable bonds is 5. The summed E-state index contributed by atoms with van der Waals surface area (Å²) in [5, 5.41) is 2.84. The Morgan fingerprint density at radius 3 is 2.82 bits per heavy atom. The van der Waals surface area contributed by atoms with Crippen LogP contribution in [0.2, 0.25) is 0 Å². The summed E-state index contributed by atoms with van der Waals surface area (Å²) in [5.41, 5.74) is 0. The SMILES string of the molecule is CCCSC[C@H](C)NC(C)=O.[HH]. The highest BCUT2D eigenvalue weighted by Crippen LogP contribution is 2.03. The van der Waals surface area contributed by atoms with Crippen LogP contribution in [0.1, 0.15) is 28.6 Å². The van der Waals surface area contributed by atoms with Gasteiger partial charge in [0.2, 0.25) is 5.91 Å². The molecule has 0 aliphatic heterocycles. The van der Waals surface area contributed by atoms with Gasteiger partial charge in [0.1, 0.15) is 0 Å². The Bertz CT molecular complexity index is 122. The predicted molar refractivity (Wildman–Crippen MR) is 53.0 cm³/mol. The Labute approximate surface area is 74.6 Å². The average Bonchev–Trinajstić information content (AvgIpc) is 1.86. The van der Waals surface area contributed by atoms with Gasteiger partial charge in [-0.2, -0.15) is 11.8 Å². The second kappa shape index (κ2) is 6.53. The van der Waals surface area contributed by atoms with Crippen LogP contribution in [0.15, 0.2) is 0 Å². The van der Waals surface area contributed by atoms with Gasteiger partial charge in [0, 0.05) is 20.1 Å². The molecule has 68 valence electrons. The van der Waals surface area contributed by atoms with E-state index in [1.54, 1.807) is 6.92 Å². The van der Waals surface area contributed by atoms with E-state index in [4.69, 9.17) is 0 Å². The van der Waals surface area contributed by atoms with Gasteiger partial charge < -0.3 is 5.32 Å². The lowest BCUT2D eigenvalue weighted by Crippen LogP contribution is -2.32. The van der Waals surface area contributed by atoms with Crippen molar-refractivity contribution in [1.29, 1.82) is 0 Å². The van der Waals surface area contributed by atoms with E-state index >= 15 is 0 Å². The fourth-order valence-corrected chi connectivity index (χ4v) is 1.69. The summed E-state index contributed by atoms with van der Waals surface area (Å²) in [7, 11) is 0. The minimum absolute atomic E-state index is 0. The highest BCUT2D eigenvalue weighted by molar-refractivity contribution is 7.99. The molecule has 3 heteroatoms. The van der Waals surface area contributed by atoms with Crippen LogP contribution in [0.25, 0.3) is 0 Å². The van der Waals surface area contributed by atoms with E-state index in [-0.39, 0.29) is 7.33 Å². The molecule has 0 radical (unpaired) electrons. The molecule has 0 spiro atoms. The number of carbonyl (C=O) groups is 1. The summed E-state index contributed by atoms with van der Waals surface area (Å²) in [6.45, 7) is 5.75. The van der Waals surface area contributed by atoms with Gasteiger partial charge in [-0.3, -0.25) is 4.79 Å². The molecule has 0 bridgehead atoms. The molecule has 2 nitrogen and oxygen atoms in total. The molecule has 0 rings (SSSR count). The zero-order chi connectivity index (χ0) is 8.69. The standard InChI is InChI=1S/C8H17NOS.H2/c1-4-5-11-6-7(2)9-8(3)10;/h7H,4-6H2,1-3H3,(H,9,10);1H/t7-;/m0./s1. The predicted octanol–water partition coefficient (Wildman–Crippen LogP) is 1.90. The molecule has 0 aliphatic rings. The normalized spacial score (nSPS) is 12.6. The minimum Gasteiger partial charge on any atom is -0.353 e. The van der Waals surface area contributed by atoms with Gasteiger partial charge in [0.25, 0.3) is 0 Å². The lowest BCUT2D eigenvalue weighted by Gasteiger charge is -2.10. The van der Waals surface area contributed by atoms with Gasteiger partial charge in [0.05, 0.1) is 0 Å². The first-order valence-electron chi connectivity index (χ1n) is 4.01. The Morgan fingerprint density at radius 1 is 1.73 bits per heavy atom. The van der Waals surface area contributed by atoms with Crippen LogP contribution in [0.3, 0.4) is 0 Å². The van der Waals surface area contributed by atoms with Crippen molar-refractivity contribution in [2.75, 3.05) is 11.5 Å². The molecule has 0 aromatic heterocycles. The van der Waals surface area contributed by atoms with Crippen LogP contribution in [-0.2, 0) is 4.79 Å². The zero-order valence-electron chi connectivity index (χ0n) is 7.52. The van der Waals surface area contributed by atoms with Crippen molar-refractivity contribution in [3.63, 3.8) is 0 Å². The van der Waals surface area contributed by atoms with Crippen molar-refractivity contribution in [3.05, 3.63) is 0 Å². The van der Waals surface area contributed by atoms with Crippen molar-refractivity contribution in [2.45, 2.75) is 33.2 Å². The highest BCUT2D eigenvalue weighted by atomic mass is 32.2. The number of nitrogens with one attached hydrogen (secondary N) is 1. The third-order valence-corrected chi connectivity index (χ3v) is 2.60. The van der Waals surface area contributed by atoms with Crippen LogP contribution < -0.4 is 5.32 Å². The third-order valence-electron chi connectivity index (χ3n) is 1.17. The Balaban J connectivity index is 0. The van der Waals surface area contributed by atoms with E-state index in [1.165, 1.54) is 12.2 Å². The topological polar surface area (TPSA) is 29.1 Å². The monoisotopic (exact) mass is 177 g/mol. The van der Waals surface area contributed by atoms with Gasteiger partial charge in [-0.1, -0.05) is 6.92 Å². The van der Waals surface area contributed by atoms with Crippen molar-refractivity contribution < 1.29 is 6.22 Å². The van der Waals surface area contributed by atoms with E-state index in [2.05, 4.69) is 12.2 Å². The molecule has 0 heterocycles. The number of carbonyl (C=O) groups excluding carboxylic acids is 1. The molecule has 1 amide bonds. The molecule has 0 aliphatic carbocycles. The average molecular weight is 177 g/mol. The summed E-state index contributed by atoms with van der Waals surface area (Å²) in [4.78, 5) is 10.6. The van der Waals surface area contributed by atoms with Gasteiger partial charge in [-0.25, -0.2) is 0 Å². The lowest BCUT2D eigenvalue weighted by atomic mass is 10.4. The molecule has 0 fully saturated rings. The fourth-order valence-electron chi connectivity index (χ4n) is 0.793. The molecule has 0 saturated heterocycles. The zero-order valence-corrected chi connectivity index (χ0v) is 8.33. The Hall–Kier alpha value is -0.180. The fraction of sp³-hybridized carbons (Fsp3) is 0.875. The van der Waals surface area contributed by atoms with Crippen molar-refractivity contribution >= 4 is 17.7 Å². The maximum absolute atomic E-state index is 10.6. The molecule has 1 N–H and O–H groups in total. The Kier molecular flexibility index (Phi) is 6.42. The number of hydrogen-bond acceptors (Lipinski definition) is 2. The maximum atomic E-state index is 10.6. The van der Waals surface area contributed by atoms with Crippen LogP contribution in [0.4, 0.5) is 0 Å². The second-order valence-electron chi connectivity index (χ2n) is 2.68. The highest BCUT2D eigenvalue weighted by Gasteiger charge is 2.01. The van der Waals surface area contributed by atoms with Crippen molar-refractivity contribution in [1.82, 2.24) is 5.32 Å². The second-order valence-corrected chi connectivity index (χ2v) is 3.83. The minimum atomic E-state index is 0. The largest absolute Gasteiger partial charge is 0.353 e. The van der Waals surface area contributed by atoms with Crippen LogP contribution in [-0.4, -0.2) is 23.5 Å². The van der Waals surface area contributed by atoms with E-state index < -0.39 is 0 Å². The van der Waals surface area contributed by atoms with E-state index in [1.807, 2.05) is 18.7 Å². The molecule has 0 aromatic carbocycles. The van der Waals surface area contributed by atoms with Gasteiger partial charge in [-0.05, 0) is 19.1 Å². The summed E-state index contributed by atoms with van der Waals surface area (Å²) >= 11 is 1.89. The first-order valence-corrected chi connectivity index (χ1v) is 5.17. The molecule has 1 atom stereocenters. The number of thioether (sulfide) groups is 1. The van der Waals surface area contributed by atoms with Crippen LogP contribution in [0.5, 0.6) is 0 Å². The van der Waals surface area contributed by atoms with Crippen molar-refractivity contribution in [2.24, 2.45) is 0 Å². The first kappa shape index (κ1) is 10.8. The van der Waals surface area contributed by atoms with E-state index in [0.29, 0.717) is 6.04 Å². The molecule has 0 unspecified atom stereocenters.